The lowest BCUT2D eigenvalue weighted by atomic mass is 10.0. The van der Waals surface area contributed by atoms with E-state index in [9.17, 15) is 0 Å². The molecule has 0 aliphatic carbocycles. The standard InChI is InChI=1S/C48H34N4Si/c1-53(2)44-24-14-11-21-37(44)46-47(53)45(31-25-27-42-38(29-31)35-19-9-12-22-40(35)51(42)33-15-5-3-6-16-33)49-48(50-46)32-26-28-43-39(30-32)36-20-10-13-23-41(36)52(43)34-17-7-4-8-18-34/h3-30H,1-2H3. The van der Waals surface area contributed by atoms with Crippen LogP contribution in [-0.2, 0) is 0 Å². The summed E-state index contributed by atoms with van der Waals surface area (Å²) in [7, 11) is -2.15. The van der Waals surface area contributed by atoms with Crippen LogP contribution in [0.1, 0.15) is 0 Å². The summed E-state index contributed by atoms with van der Waals surface area (Å²) in [5.74, 6) is 0.755. The molecule has 5 heteroatoms. The maximum Gasteiger partial charge on any atom is 0.160 e. The van der Waals surface area contributed by atoms with Crippen LogP contribution in [0.3, 0.4) is 0 Å². The molecule has 0 N–H and O–H groups in total. The Kier molecular flexibility index (Phi) is 6.37. The van der Waals surface area contributed by atoms with Gasteiger partial charge >= 0.3 is 0 Å². The van der Waals surface area contributed by atoms with E-state index in [0.717, 1.165) is 39.7 Å². The van der Waals surface area contributed by atoms with Crippen molar-refractivity contribution in [3.63, 3.8) is 0 Å². The molecule has 0 spiro atoms. The summed E-state index contributed by atoms with van der Waals surface area (Å²) in [6.45, 7) is 4.91. The van der Waals surface area contributed by atoms with Crippen molar-refractivity contribution in [1.82, 2.24) is 19.1 Å². The predicted molar refractivity (Wildman–Crippen MR) is 224 cm³/mol. The van der Waals surface area contributed by atoms with E-state index in [2.05, 4.69) is 192 Å². The number of benzene rings is 7. The van der Waals surface area contributed by atoms with Gasteiger partial charge in [0.05, 0.1) is 33.5 Å². The van der Waals surface area contributed by atoms with E-state index in [1.54, 1.807) is 0 Å². The third-order valence-electron chi connectivity index (χ3n) is 11.3. The van der Waals surface area contributed by atoms with Crippen LogP contribution in [0.2, 0.25) is 13.1 Å². The Balaban J connectivity index is 1.17. The largest absolute Gasteiger partial charge is 0.309 e. The Morgan fingerprint density at radius 1 is 0.415 bits per heavy atom. The van der Waals surface area contributed by atoms with E-state index < -0.39 is 8.07 Å². The molecule has 0 fully saturated rings. The van der Waals surface area contributed by atoms with Crippen LogP contribution < -0.4 is 10.4 Å². The van der Waals surface area contributed by atoms with Gasteiger partial charge in [-0.2, -0.15) is 0 Å². The number of aromatic nitrogens is 4. The maximum absolute atomic E-state index is 5.58. The van der Waals surface area contributed by atoms with Crippen molar-refractivity contribution in [2.75, 3.05) is 0 Å². The molecule has 0 atom stereocenters. The zero-order chi connectivity index (χ0) is 35.3. The van der Waals surface area contributed by atoms with Crippen molar-refractivity contribution in [3.05, 3.63) is 170 Å². The van der Waals surface area contributed by atoms with Crippen LogP contribution in [0.25, 0.3) is 88.9 Å². The van der Waals surface area contributed by atoms with Gasteiger partial charge in [0.25, 0.3) is 0 Å². The van der Waals surface area contributed by atoms with Crippen LogP contribution in [0.5, 0.6) is 0 Å². The first-order chi connectivity index (χ1) is 26.1. The minimum Gasteiger partial charge on any atom is -0.309 e. The molecular formula is C48H34N4Si. The van der Waals surface area contributed by atoms with E-state index in [-0.39, 0.29) is 0 Å². The number of nitrogens with zero attached hydrogens (tertiary/aromatic N) is 4. The number of hydrogen-bond acceptors (Lipinski definition) is 2. The third-order valence-corrected chi connectivity index (χ3v) is 14.8. The molecule has 0 saturated carbocycles. The van der Waals surface area contributed by atoms with Crippen molar-refractivity contribution in [3.8, 4) is 45.3 Å². The monoisotopic (exact) mass is 694 g/mol. The summed E-state index contributed by atoms with van der Waals surface area (Å²) >= 11 is 0. The highest BCUT2D eigenvalue weighted by Gasteiger charge is 2.41. The fraction of sp³-hybridized carbons (Fsp3) is 0.0417. The van der Waals surface area contributed by atoms with E-state index >= 15 is 0 Å². The van der Waals surface area contributed by atoms with Crippen molar-refractivity contribution < 1.29 is 0 Å². The first-order valence-corrected chi connectivity index (χ1v) is 21.3. The van der Waals surface area contributed by atoms with Gasteiger partial charge in [-0.05, 0) is 82.7 Å². The smallest absolute Gasteiger partial charge is 0.160 e. The highest BCUT2D eigenvalue weighted by molar-refractivity contribution is 7.04. The Bertz CT molecular complexity index is 3080. The average molecular weight is 695 g/mol. The fourth-order valence-electron chi connectivity index (χ4n) is 8.90. The first-order valence-electron chi connectivity index (χ1n) is 18.3. The van der Waals surface area contributed by atoms with Gasteiger partial charge in [-0.15, -0.1) is 0 Å². The van der Waals surface area contributed by atoms with Crippen LogP contribution in [0.4, 0.5) is 0 Å². The first kappa shape index (κ1) is 30.1. The SMILES string of the molecule is C[Si]1(C)c2ccccc2-c2nc(-c3ccc4c(c3)c3ccccc3n4-c3ccccc3)nc(-c3ccc4c(c3)c3ccccc3n4-c3ccccc3)c21. The van der Waals surface area contributed by atoms with E-state index in [1.807, 2.05) is 0 Å². The summed E-state index contributed by atoms with van der Waals surface area (Å²) in [5, 5.41) is 7.60. The number of rotatable bonds is 4. The molecule has 0 unspecified atom stereocenters. The minimum atomic E-state index is -2.15. The number of fused-ring (bicyclic) bond motifs is 9. The number of para-hydroxylation sites is 4. The molecule has 4 heterocycles. The third kappa shape index (κ3) is 4.35. The molecule has 0 radical (unpaired) electrons. The van der Waals surface area contributed by atoms with Gasteiger partial charge in [-0.3, -0.25) is 0 Å². The van der Waals surface area contributed by atoms with Gasteiger partial charge < -0.3 is 9.13 Å². The molecule has 4 nitrogen and oxygen atoms in total. The quantitative estimate of drug-likeness (QED) is 0.172. The van der Waals surface area contributed by atoms with Crippen LogP contribution in [-0.4, -0.2) is 27.2 Å². The van der Waals surface area contributed by atoms with Crippen molar-refractivity contribution >= 4 is 62.1 Å². The van der Waals surface area contributed by atoms with Gasteiger partial charge in [-0.1, -0.05) is 116 Å². The molecule has 0 amide bonds. The normalized spacial score (nSPS) is 13.2. The Hall–Kier alpha value is -6.56. The van der Waals surface area contributed by atoms with Gasteiger partial charge in [-0.25, -0.2) is 9.97 Å². The van der Waals surface area contributed by atoms with Crippen molar-refractivity contribution in [2.24, 2.45) is 0 Å². The lowest BCUT2D eigenvalue weighted by Crippen LogP contribution is -2.50. The Labute approximate surface area is 308 Å². The highest BCUT2D eigenvalue weighted by Crippen LogP contribution is 2.39. The highest BCUT2D eigenvalue weighted by atomic mass is 28.3. The summed E-state index contributed by atoms with van der Waals surface area (Å²) in [6, 6.07) is 61.2. The topological polar surface area (TPSA) is 35.6 Å². The molecule has 250 valence electrons. The van der Waals surface area contributed by atoms with Crippen LogP contribution in [0.15, 0.2) is 170 Å². The molecule has 1 aliphatic rings. The molecule has 11 rings (SSSR count). The average Bonchev–Trinajstić information content (AvgIpc) is 3.81. The molecule has 7 aromatic carbocycles. The van der Waals surface area contributed by atoms with Gasteiger partial charge in [0.15, 0.2) is 5.82 Å². The lowest BCUT2D eigenvalue weighted by molar-refractivity contribution is 1.18. The maximum atomic E-state index is 5.58. The van der Waals surface area contributed by atoms with Crippen molar-refractivity contribution in [2.45, 2.75) is 13.1 Å². The molecular weight excluding hydrogens is 661 g/mol. The predicted octanol–water partition coefficient (Wildman–Crippen LogP) is 10.8. The molecule has 3 aromatic heterocycles. The summed E-state index contributed by atoms with van der Waals surface area (Å²) in [4.78, 5) is 11.0. The molecule has 10 aromatic rings. The minimum absolute atomic E-state index is 0.755. The second-order valence-electron chi connectivity index (χ2n) is 14.6. The zero-order valence-corrected chi connectivity index (χ0v) is 30.5. The lowest BCUT2D eigenvalue weighted by Gasteiger charge is -2.21. The second-order valence-corrected chi connectivity index (χ2v) is 18.9. The summed E-state index contributed by atoms with van der Waals surface area (Å²) in [5.41, 5.74) is 12.6. The Morgan fingerprint density at radius 2 is 0.887 bits per heavy atom. The van der Waals surface area contributed by atoms with E-state index in [1.165, 1.54) is 59.5 Å². The van der Waals surface area contributed by atoms with Gasteiger partial charge in [0.2, 0.25) is 0 Å². The molecule has 53 heavy (non-hydrogen) atoms. The van der Waals surface area contributed by atoms with Gasteiger partial charge in [0.1, 0.15) is 8.07 Å². The van der Waals surface area contributed by atoms with E-state index in [4.69, 9.17) is 9.97 Å². The van der Waals surface area contributed by atoms with Crippen molar-refractivity contribution in [1.29, 1.82) is 0 Å². The zero-order valence-electron chi connectivity index (χ0n) is 29.5. The fourth-order valence-corrected chi connectivity index (χ4v) is 12.1. The summed E-state index contributed by atoms with van der Waals surface area (Å²) in [6.07, 6.45) is 0. The number of hydrogen-bond donors (Lipinski definition) is 0. The second kappa shape index (κ2) is 11.2. The molecule has 1 aliphatic heterocycles. The van der Waals surface area contributed by atoms with Gasteiger partial charge in [0, 0.05) is 44.0 Å². The Morgan fingerprint density at radius 3 is 1.51 bits per heavy atom. The summed E-state index contributed by atoms with van der Waals surface area (Å²) < 4.78 is 4.73. The molecule has 0 bridgehead atoms. The van der Waals surface area contributed by atoms with Crippen LogP contribution >= 0.6 is 0 Å². The van der Waals surface area contributed by atoms with Crippen LogP contribution in [0, 0.1) is 0 Å². The molecule has 0 saturated heterocycles. The van der Waals surface area contributed by atoms with E-state index in [0.29, 0.717) is 0 Å².